The summed E-state index contributed by atoms with van der Waals surface area (Å²) in [4.78, 5) is 4.13. The molecule has 0 bridgehead atoms. The molecule has 2 rings (SSSR count). The first-order chi connectivity index (χ1) is 8.44. The second kappa shape index (κ2) is 5.42. The van der Waals surface area contributed by atoms with Crippen LogP contribution < -0.4 is 5.32 Å². The van der Waals surface area contributed by atoms with E-state index in [9.17, 15) is 0 Å². The summed E-state index contributed by atoms with van der Waals surface area (Å²) in [6.45, 7) is 7.14. The number of halogens is 1. The molecule has 0 saturated heterocycles. The van der Waals surface area contributed by atoms with Gasteiger partial charge in [0.2, 0.25) is 0 Å². The highest BCUT2D eigenvalue weighted by Crippen LogP contribution is 2.25. The molecule has 2 aromatic rings. The Morgan fingerprint density at radius 1 is 1.28 bits per heavy atom. The molecule has 0 spiro atoms. The largest absolute Gasteiger partial charge is 0.306 e. The molecule has 0 aliphatic rings. The van der Waals surface area contributed by atoms with Crippen LogP contribution in [-0.4, -0.2) is 20.7 Å². The van der Waals surface area contributed by atoms with Crippen LogP contribution in [0, 0.1) is 0 Å². The number of rotatable bonds is 3. The van der Waals surface area contributed by atoms with Gasteiger partial charge in [0.25, 0.3) is 0 Å². The second-order valence-corrected chi connectivity index (χ2v) is 6.97. The van der Waals surface area contributed by atoms with Crippen LogP contribution in [0.4, 0.5) is 0 Å². The number of pyridine rings is 1. The Morgan fingerprint density at radius 3 is 2.72 bits per heavy atom. The lowest BCUT2D eigenvalue weighted by Crippen LogP contribution is -2.35. The molecule has 6 heteroatoms. The molecule has 0 radical (unpaired) electrons. The zero-order valence-electron chi connectivity index (χ0n) is 10.6. The van der Waals surface area contributed by atoms with Crippen LogP contribution in [0.2, 0.25) is 0 Å². The zero-order valence-corrected chi connectivity index (χ0v) is 13.0. The lowest BCUT2D eigenvalue weighted by molar-refractivity contribution is 0.423. The van der Waals surface area contributed by atoms with Crippen molar-refractivity contribution in [3.63, 3.8) is 0 Å². The smallest absolute Gasteiger partial charge is 0.149 e. The number of aromatic nitrogens is 3. The molecule has 18 heavy (non-hydrogen) atoms. The van der Waals surface area contributed by atoms with E-state index in [0.29, 0.717) is 0 Å². The third-order valence-corrected chi connectivity index (χ3v) is 3.59. The van der Waals surface area contributed by atoms with Crippen LogP contribution in [0.25, 0.3) is 10.6 Å². The molecule has 4 nitrogen and oxygen atoms in total. The van der Waals surface area contributed by atoms with E-state index in [1.54, 1.807) is 23.7 Å². The van der Waals surface area contributed by atoms with Crippen LogP contribution in [0.15, 0.2) is 22.9 Å². The van der Waals surface area contributed by atoms with E-state index in [1.807, 2.05) is 6.07 Å². The molecular formula is C12H15BrN4S. The molecule has 0 aromatic carbocycles. The monoisotopic (exact) mass is 326 g/mol. The van der Waals surface area contributed by atoms with Crippen LogP contribution in [0.5, 0.6) is 0 Å². The van der Waals surface area contributed by atoms with E-state index in [-0.39, 0.29) is 5.54 Å². The van der Waals surface area contributed by atoms with Gasteiger partial charge in [-0.15, -0.1) is 10.2 Å². The average molecular weight is 327 g/mol. The fraction of sp³-hybridized carbons (Fsp3) is 0.417. The predicted molar refractivity (Wildman–Crippen MR) is 77.4 cm³/mol. The molecule has 0 amide bonds. The molecule has 0 unspecified atom stereocenters. The van der Waals surface area contributed by atoms with E-state index in [0.717, 1.165) is 26.6 Å². The lowest BCUT2D eigenvalue weighted by Gasteiger charge is -2.19. The standard InChI is InChI=1S/C12H15BrN4S/c1-12(2,3)15-7-10-16-17-11(18-10)8-4-9(13)6-14-5-8/h4-6,15H,7H2,1-3H3. The van der Waals surface area contributed by atoms with Gasteiger partial charge in [-0.3, -0.25) is 4.98 Å². The summed E-state index contributed by atoms with van der Waals surface area (Å²) >= 11 is 4.99. The summed E-state index contributed by atoms with van der Waals surface area (Å²) in [7, 11) is 0. The van der Waals surface area contributed by atoms with Crippen molar-refractivity contribution >= 4 is 27.3 Å². The maximum atomic E-state index is 4.20. The Balaban J connectivity index is 2.11. The van der Waals surface area contributed by atoms with E-state index in [2.05, 4.69) is 57.2 Å². The quantitative estimate of drug-likeness (QED) is 0.940. The highest BCUT2D eigenvalue weighted by molar-refractivity contribution is 9.10. The molecule has 0 fully saturated rings. The summed E-state index contributed by atoms with van der Waals surface area (Å²) < 4.78 is 0.949. The fourth-order valence-corrected chi connectivity index (χ4v) is 2.44. The van der Waals surface area contributed by atoms with Gasteiger partial charge < -0.3 is 5.32 Å². The number of hydrogen-bond acceptors (Lipinski definition) is 5. The molecule has 0 aliphatic carbocycles. The van der Waals surface area contributed by atoms with Crippen molar-refractivity contribution in [2.45, 2.75) is 32.9 Å². The average Bonchev–Trinajstić information content (AvgIpc) is 2.74. The number of hydrogen-bond donors (Lipinski definition) is 1. The summed E-state index contributed by atoms with van der Waals surface area (Å²) in [5.74, 6) is 0. The Morgan fingerprint density at radius 2 is 2.06 bits per heavy atom. The second-order valence-electron chi connectivity index (χ2n) is 5.00. The van der Waals surface area contributed by atoms with Crippen molar-refractivity contribution in [3.8, 4) is 10.6 Å². The SMILES string of the molecule is CC(C)(C)NCc1nnc(-c2cncc(Br)c2)s1. The molecule has 2 aromatic heterocycles. The summed E-state index contributed by atoms with van der Waals surface area (Å²) in [6.07, 6.45) is 3.55. The summed E-state index contributed by atoms with van der Waals surface area (Å²) in [5.41, 5.74) is 1.08. The maximum absolute atomic E-state index is 4.20. The van der Waals surface area contributed by atoms with Gasteiger partial charge in [-0.05, 0) is 42.8 Å². The zero-order chi connectivity index (χ0) is 13.2. The van der Waals surface area contributed by atoms with Gasteiger partial charge in [0.05, 0.1) is 6.54 Å². The molecule has 1 N–H and O–H groups in total. The van der Waals surface area contributed by atoms with Gasteiger partial charge in [0.1, 0.15) is 10.0 Å². The van der Waals surface area contributed by atoms with Gasteiger partial charge >= 0.3 is 0 Å². The molecule has 0 saturated carbocycles. The van der Waals surface area contributed by atoms with Crippen molar-refractivity contribution in [2.24, 2.45) is 0 Å². The Kier molecular flexibility index (Phi) is 4.09. The Labute approximate surface area is 119 Å². The topological polar surface area (TPSA) is 50.7 Å². The first kappa shape index (κ1) is 13.6. The van der Waals surface area contributed by atoms with Gasteiger partial charge in [-0.2, -0.15) is 0 Å². The van der Waals surface area contributed by atoms with Crippen molar-refractivity contribution < 1.29 is 0 Å². The first-order valence-electron chi connectivity index (χ1n) is 5.62. The van der Waals surface area contributed by atoms with Gasteiger partial charge in [0, 0.05) is 28.0 Å². The lowest BCUT2D eigenvalue weighted by atomic mass is 10.1. The van der Waals surface area contributed by atoms with Crippen LogP contribution in [-0.2, 0) is 6.54 Å². The highest BCUT2D eigenvalue weighted by atomic mass is 79.9. The minimum atomic E-state index is 0.0865. The Hall–Kier alpha value is -0.850. The van der Waals surface area contributed by atoms with E-state index < -0.39 is 0 Å². The minimum Gasteiger partial charge on any atom is -0.306 e. The third kappa shape index (κ3) is 3.83. The van der Waals surface area contributed by atoms with Gasteiger partial charge in [-0.25, -0.2) is 0 Å². The molecular weight excluding hydrogens is 312 g/mol. The van der Waals surface area contributed by atoms with Gasteiger partial charge in [0.15, 0.2) is 0 Å². The summed E-state index contributed by atoms with van der Waals surface area (Å²) in [5, 5.41) is 13.7. The van der Waals surface area contributed by atoms with E-state index >= 15 is 0 Å². The molecule has 0 atom stereocenters. The third-order valence-electron chi connectivity index (χ3n) is 2.19. The van der Waals surface area contributed by atoms with Crippen molar-refractivity contribution in [1.29, 1.82) is 0 Å². The molecule has 2 heterocycles. The number of nitrogens with one attached hydrogen (secondary N) is 1. The van der Waals surface area contributed by atoms with Gasteiger partial charge in [-0.1, -0.05) is 11.3 Å². The highest BCUT2D eigenvalue weighted by Gasteiger charge is 2.12. The van der Waals surface area contributed by atoms with Crippen molar-refractivity contribution in [2.75, 3.05) is 0 Å². The molecule has 96 valence electrons. The normalized spacial score (nSPS) is 11.8. The Bertz CT molecular complexity index is 533. The minimum absolute atomic E-state index is 0.0865. The van der Waals surface area contributed by atoms with Crippen LogP contribution in [0.3, 0.4) is 0 Å². The van der Waals surface area contributed by atoms with Crippen molar-refractivity contribution in [3.05, 3.63) is 27.9 Å². The molecule has 0 aliphatic heterocycles. The number of nitrogens with zero attached hydrogens (tertiary/aromatic N) is 3. The van der Waals surface area contributed by atoms with Crippen molar-refractivity contribution in [1.82, 2.24) is 20.5 Å². The maximum Gasteiger partial charge on any atom is 0.149 e. The summed E-state index contributed by atoms with van der Waals surface area (Å²) in [6, 6.07) is 1.99. The first-order valence-corrected chi connectivity index (χ1v) is 7.23. The fourth-order valence-electron chi connectivity index (χ4n) is 1.31. The van der Waals surface area contributed by atoms with E-state index in [4.69, 9.17) is 0 Å². The van der Waals surface area contributed by atoms with Crippen LogP contribution >= 0.6 is 27.3 Å². The predicted octanol–water partition coefficient (Wildman–Crippen LogP) is 3.25. The van der Waals surface area contributed by atoms with Crippen LogP contribution in [0.1, 0.15) is 25.8 Å². The van der Waals surface area contributed by atoms with E-state index in [1.165, 1.54) is 0 Å².